The zero-order valence-electron chi connectivity index (χ0n) is 18.3. The highest BCUT2D eigenvalue weighted by Gasteiger charge is 2.19. The lowest BCUT2D eigenvalue weighted by atomic mass is 9.94. The van der Waals surface area contributed by atoms with E-state index in [9.17, 15) is 14.4 Å². The van der Waals surface area contributed by atoms with E-state index >= 15 is 0 Å². The summed E-state index contributed by atoms with van der Waals surface area (Å²) in [4.78, 5) is 36.8. The Morgan fingerprint density at radius 3 is 2.10 bits per heavy atom. The standard InChI is InChI=1S/C24H25NO6/c1-14(26)25(4)13-12-18-7-10-20(30-15(2)27)19-9-6-17-8-11-21(29-5)24(31-16(3)28)23(17)22(18)19/h6-11H,12-13H2,1-5H3. The summed E-state index contributed by atoms with van der Waals surface area (Å²) in [6, 6.07) is 11.0. The molecule has 1 amide bonds. The van der Waals surface area contributed by atoms with Crippen LogP contribution in [0.2, 0.25) is 0 Å². The molecule has 7 nitrogen and oxygen atoms in total. The molecule has 162 valence electrons. The molecule has 31 heavy (non-hydrogen) atoms. The van der Waals surface area contributed by atoms with Gasteiger partial charge in [-0.05, 0) is 35.6 Å². The molecule has 7 heteroatoms. The molecule has 0 N–H and O–H groups in total. The number of amides is 1. The number of ether oxygens (including phenoxy) is 3. The number of fused-ring (bicyclic) bond motifs is 3. The summed E-state index contributed by atoms with van der Waals surface area (Å²) in [6.07, 6.45) is 0.558. The van der Waals surface area contributed by atoms with Crippen LogP contribution in [0.1, 0.15) is 26.3 Å². The second-order valence-electron chi connectivity index (χ2n) is 7.28. The minimum Gasteiger partial charge on any atom is -0.493 e. The molecule has 0 fully saturated rings. The van der Waals surface area contributed by atoms with Gasteiger partial charge in [0.1, 0.15) is 5.75 Å². The van der Waals surface area contributed by atoms with Crippen LogP contribution in [-0.4, -0.2) is 43.4 Å². The molecular weight excluding hydrogens is 398 g/mol. The van der Waals surface area contributed by atoms with Crippen molar-refractivity contribution in [1.29, 1.82) is 0 Å². The molecule has 0 bridgehead atoms. The van der Waals surface area contributed by atoms with Crippen molar-refractivity contribution in [2.75, 3.05) is 20.7 Å². The van der Waals surface area contributed by atoms with E-state index in [0.29, 0.717) is 41.0 Å². The Hall–Kier alpha value is -3.61. The number of benzene rings is 3. The van der Waals surface area contributed by atoms with Gasteiger partial charge in [0.15, 0.2) is 11.5 Å². The Bertz CT molecular complexity index is 1180. The third kappa shape index (κ3) is 4.60. The summed E-state index contributed by atoms with van der Waals surface area (Å²) >= 11 is 0. The van der Waals surface area contributed by atoms with Crippen molar-refractivity contribution in [1.82, 2.24) is 4.90 Å². The molecule has 0 aromatic heterocycles. The van der Waals surface area contributed by atoms with Gasteiger partial charge >= 0.3 is 11.9 Å². The molecule has 3 rings (SSSR count). The zero-order chi connectivity index (χ0) is 22.7. The second kappa shape index (κ2) is 9.04. The normalized spacial score (nSPS) is 10.7. The first-order valence-corrected chi connectivity index (χ1v) is 9.86. The van der Waals surface area contributed by atoms with E-state index in [-0.39, 0.29) is 5.91 Å². The van der Waals surface area contributed by atoms with Crippen molar-refractivity contribution in [3.8, 4) is 17.2 Å². The number of carbonyl (C=O) groups excluding carboxylic acids is 3. The number of nitrogens with zero attached hydrogens (tertiary/aromatic N) is 1. The molecule has 0 aliphatic heterocycles. The maximum atomic E-state index is 11.9. The summed E-state index contributed by atoms with van der Waals surface area (Å²) in [5.74, 6) is 0.185. The summed E-state index contributed by atoms with van der Waals surface area (Å²) in [5.41, 5.74) is 0.922. The lowest BCUT2D eigenvalue weighted by Gasteiger charge is -2.19. The second-order valence-corrected chi connectivity index (χ2v) is 7.28. The van der Waals surface area contributed by atoms with Gasteiger partial charge in [-0.3, -0.25) is 14.4 Å². The van der Waals surface area contributed by atoms with Gasteiger partial charge in [-0.25, -0.2) is 0 Å². The van der Waals surface area contributed by atoms with Gasteiger partial charge in [-0.2, -0.15) is 0 Å². The van der Waals surface area contributed by atoms with E-state index in [2.05, 4.69) is 0 Å². The fraction of sp³-hybridized carbons (Fsp3) is 0.292. The number of esters is 2. The van der Waals surface area contributed by atoms with Gasteiger partial charge in [0.25, 0.3) is 0 Å². The molecule has 0 saturated carbocycles. The maximum absolute atomic E-state index is 11.9. The average Bonchev–Trinajstić information content (AvgIpc) is 2.71. The molecule has 0 radical (unpaired) electrons. The summed E-state index contributed by atoms with van der Waals surface area (Å²) in [7, 11) is 3.25. The predicted molar refractivity (Wildman–Crippen MR) is 118 cm³/mol. The third-order valence-corrected chi connectivity index (χ3v) is 5.10. The van der Waals surface area contributed by atoms with Crippen molar-refractivity contribution in [3.05, 3.63) is 42.0 Å². The van der Waals surface area contributed by atoms with Crippen LogP contribution in [0.25, 0.3) is 21.5 Å². The van der Waals surface area contributed by atoms with Gasteiger partial charge in [-0.1, -0.05) is 18.2 Å². The van der Waals surface area contributed by atoms with Gasteiger partial charge in [-0.15, -0.1) is 0 Å². The van der Waals surface area contributed by atoms with Crippen LogP contribution in [0.15, 0.2) is 36.4 Å². The SMILES string of the molecule is COc1ccc2ccc3c(OC(C)=O)ccc(CCN(C)C(C)=O)c3c2c1OC(C)=O. The van der Waals surface area contributed by atoms with Crippen molar-refractivity contribution < 1.29 is 28.6 Å². The number of rotatable bonds is 6. The molecule has 0 heterocycles. The van der Waals surface area contributed by atoms with Crippen LogP contribution in [-0.2, 0) is 20.8 Å². The van der Waals surface area contributed by atoms with E-state index in [1.165, 1.54) is 27.9 Å². The smallest absolute Gasteiger partial charge is 0.308 e. The summed E-state index contributed by atoms with van der Waals surface area (Å²) < 4.78 is 16.4. The van der Waals surface area contributed by atoms with Crippen molar-refractivity contribution in [2.45, 2.75) is 27.2 Å². The third-order valence-electron chi connectivity index (χ3n) is 5.10. The molecule has 0 aliphatic carbocycles. The number of carbonyl (C=O) groups is 3. The van der Waals surface area contributed by atoms with Gasteiger partial charge in [0.2, 0.25) is 5.91 Å². The highest BCUT2D eigenvalue weighted by atomic mass is 16.6. The first-order valence-electron chi connectivity index (χ1n) is 9.86. The Morgan fingerprint density at radius 1 is 0.839 bits per heavy atom. The fourth-order valence-electron chi connectivity index (χ4n) is 3.56. The van der Waals surface area contributed by atoms with Crippen molar-refractivity contribution >= 4 is 39.4 Å². The van der Waals surface area contributed by atoms with Crippen LogP contribution in [0.5, 0.6) is 17.2 Å². The molecular formula is C24H25NO6. The zero-order valence-corrected chi connectivity index (χ0v) is 18.3. The van der Waals surface area contributed by atoms with Crippen LogP contribution < -0.4 is 14.2 Å². The molecule has 0 atom stereocenters. The van der Waals surface area contributed by atoms with E-state index in [1.807, 2.05) is 24.3 Å². The first kappa shape index (κ1) is 22.1. The monoisotopic (exact) mass is 423 g/mol. The molecule has 3 aromatic carbocycles. The van der Waals surface area contributed by atoms with Crippen LogP contribution in [0.4, 0.5) is 0 Å². The van der Waals surface area contributed by atoms with E-state index in [1.54, 1.807) is 24.1 Å². The molecule has 0 aliphatic rings. The summed E-state index contributed by atoms with van der Waals surface area (Å²) in [5, 5.41) is 3.00. The Balaban J connectivity index is 2.36. The fourth-order valence-corrected chi connectivity index (χ4v) is 3.56. The molecule has 3 aromatic rings. The van der Waals surface area contributed by atoms with E-state index in [4.69, 9.17) is 14.2 Å². The quantitative estimate of drug-likeness (QED) is 0.340. The van der Waals surface area contributed by atoms with Gasteiger partial charge in [0, 0.05) is 50.5 Å². The maximum Gasteiger partial charge on any atom is 0.308 e. The first-order chi connectivity index (χ1) is 14.7. The highest BCUT2D eigenvalue weighted by Crippen LogP contribution is 2.43. The highest BCUT2D eigenvalue weighted by molar-refractivity contribution is 6.15. The number of hydrogen-bond donors (Lipinski definition) is 0. The largest absolute Gasteiger partial charge is 0.493 e. The Morgan fingerprint density at radius 2 is 1.48 bits per heavy atom. The predicted octanol–water partition coefficient (Wildman–Crippen LogP) is 3.87. The lowest BCUT2D eigenvalue weighted by Crippen LogP contribution is -2.26. The summed E-state index contributed by atoms with van der Waals surface area (Å²) in [6.45, 7) is 4.69. The number of likely N-dealkylation sites (N-methyl/N-ethyl adjacent to an activating group) is 1. The average molecular weight is 423 g/mol. The Kier molecular flexibility index (Phi) is 6.44. The molecule has 0 spiro atoms. The van der Waals surface area contributed by atoms with Crippen LogP contribution >= 0.6 is 0 Å². The van der Waals surface area contributed by atoms with E-state index < -0.39 is 11.9 Å². The van der Waals surface area contributed by atoms with Gasteiger partial charge < -0.3 is 19.1 Å². The minimum absolute atomic E-state index is 0.0343. The molecule has 0 saturated heterocycles. The van der Waals surface area contributed by atoms with Crippen LogP contribution in [0.3, 0.4) is 0 Å². The van der Waals surface area contributed by atoms with E-state index in [0.717, 1.165) is 16.3 Å². The number of hydrogen-bond acceptors (Lipinski definition) is 6. The lowest BCUT2D eigenvalue weighted by molar-refractivity contribution is -0.132. The topological polar surface area (TPSA) is 82.1 Å². The van der Waals surface area contributed by atoms with Crippen LogP contribution in [0, 0.1) is 0 Å². The van der Waals surface area contributed by atoms with Gasteiger partial charge in [0.05, 0.1) is 7.11 Å². The minimum atomic E-state index is -0.475. The van der Waals surface area contributed by atoms with Crippen molar-refractivity contribution in [2.24, 2.45) is 0 Å². The Labute approximate surface area is 180 Å². The van der Waals surface area contributed by atoms with Crippen molar-refractivity contribution in [3.63, 3.8) is 0 Å². The molecule has 0 unspecified atom stereocenters. The number of methoxy groups -OCH3 is 1.